The van der Waals surface area contributed by atoms with E-state index in [1.54, 1.807) is 12.1 Å². The lowest BCUT2D eigenvalue weighted by atomic mass is 9.97. The number of anilines is 5. The molecule has 3 unspecified atom stereocenters. The molecule has 1 aliphatic heterocycles. The maximum atomic E-state index is 13.9. The Labute approximate surface area is 394 Å². The fraction of sp³-hybridized carbons (Fsp3) is 0.161. The Morgan fingerprint density at radius 1 is 0.507 bits per heavy atom. The first-order valence-electron chi connectivity index (χ1n) is 23.3. The summed E-state index contributed by atoms with van der Waals surface area (Å²) in [5.74, 6) is 0.599. The summed E-state index contributed by atoms with van der Waals surface area (Å²) in [6, 6.07) is 63.4. The lowest BCUT2D eigenvalue weighted by molar-refractivity contribution is 0.627. The van der Waals surface area contributed by atoms with Crippen LogP contribution in [0, 0.1) is 38.3 Å². The van der Waals surface area contributed by atoms with Crippen LogP contribution in [0.4, 0.5) is 37.2 Å². The molecule has 0 radical (unpaired) electrons. The van der Waals surface area contributed by atoms with Gasteiger partial charge in [0.15, 0.2) is 0 Å². The predicted octanol–water partition coefficient (Wildman–Crippen LogP) is 17.6. The monoisotopic (exact) mass is 881 g/mol. The molecule has 0 amide bonds. The van der Waals surface area contributed by atoms with Crippen LogP contribution in [-0.2, 0) is 0 Å². The highest BCUT2D eigenvalue weighted by Gasteiger charge is 2.34. The first kappa shape index (κ1) is 44.7. The molecule has 8 aromatic carbocycles. The number of rotatable bonds is 6. The molecule has 9 aromatic rings. The normalized spacial score (nSPS) is 16.1. The van der Waals surface area contributed by atoms with Gasteiger partial charge in [-0.05, 0) is 160 Å². The molecule has 67 heavy (non-hydrogen) atoms. The average molecular weight is 882 g/mol. The molecule has 5 heteroatoms. The van der Waals surface area contributed by atoms with Crippen molar-refractivity contribution in [3.05, 3.63) is 240 Å². The molecule has 0 bridgehead atoms. The maximum Gasteiger partial charge on any atom is 0.123 e. The predicted molar refractivity (Wildman–Crippen MR) is 280 cm³/mol. The first-order valence-corrected chi connectivity index (χ1v) is 23.3. The minimum Gasteiger partial charge on any atom is -0.338 e. The van der Waals surface area contributed by atoms with Crippen molar-refractivity contribution in [3.8, 4) is 11.1 Å². The van der Waals surface area contributed by atoms with Gasteiger partial charge in [0.1, 0.15) is 11.6 Å². The van der Waals surface area contributed by atoms with Gasteiger partial charge in [-0.25, -0.2) is 8.78 Å². The molecule has 0 spiro atoms. The third-order valence-corrected chi connectivity index (χ3v) is 13.2. The number of hydrogen-bond donors (Lipinski definition) is 0. The van der Waals surface area contributed by atoms with Crippen molar-refractivity contribution in [2.75, 3.05) is 9.80 Å². The van der Waals surface area contributed by atoms with Crippen LogP contribution in [-0.4, -0.2) is 10.6 Å². The minimum atomic E-state index is -0.238. The van der Waals surface area contributed by atoms with Crippen molar-refractivity contribution in [3.63, 3.8) is 0 Å². The molecule has 0 N–H and O–H groups in total. The maximum absolute atomic E-state index is 13.9. The molecule has 2 heterocycles. The van der Waals surface area contributed by atoms with E-state index in [0.717, 1.165) is 29.0 Å². The largest absolute Gasteiger partial charge is 0.338 e. The van der Waals surface area contributed by atoms with Crippen molar-refractivity contribution >= 4 is 55.9 Å². The van der Waals surface area contributed by atoms with Gasteiger partial charge in [-0.3, -0.25) is 0 Å². The van der Waals surface area contributed by atoms with Crippen molar-refractivity contribution < 1.29 is 8.78 Å². The van der Waals surface area contributed by atoms with E-state index < -0.39 is 0 Å². The number of benzene rings is 8. The second-order valence-corrected chi connectivity index (χ2v) is 18.1. The van der Waals surface area contributed by atoms with Crippen LogP contribution in [0.25, 0.3) is 38.6 Å². The lowest BCUT2D eigenvalue weighted by Gasteiger charge is -2.27. The molecule has 0 saturated heterocycles. The van der Waals surface area contributed by atoms with E-state index >= 15 is 0 Å². The number of halogens is 2. The third kappa shape index (κ3) is 9.60. The Balaban J connectivity index is 0.000000161. The highest BCUT2D eigenvalue weighted by atomic mass is 19.1. The quantitative estimate of drug-likeness (QED) is 0.165. The highest BCUT2D eigenvalue weighted by molar-refractivity contribution is 6.10. The van der Waals surface area contributed by atoms with E-state index in [0.29, 0.717) is 17.9 Å². The zero-order chi connectivity index (χ0) is 46.6. The summed E-state index contributed by atoms with van der Waals surface area (Å²) >= 11 is 0. The first-order chi connectivity index (χ1) is 32.5. The summed E-state index contributed by atoms with van der Waals surface area (Å²) in [5.41, 5.74) is 16.7. The SMILES string of the molecule is Cc1ccc(-c2ccc(N(c3ccc(F)cc3)c3ccc4c(c3)C(C)C(C)N4c3ccccc3)cc2)cc1.Cc1ccc(F)cc1.Cc1ccc2c(c1)c1ccccc1n2C1=CCC(C)C=C1. The van der Waals surface area contributed by atoms with Crippen LogP contribution < -0.4 is 9.80 Å². The van der Waals surface area contributed by atoms with Crippen LogP contribution in [0.15, 0.2) is 206 Å². The van der Waals surface area contributed by atoms with Crippen LogP contribution in [0.3, 0.4) is 0 Å². The van der Waals surface area contributed by atoms with E-state index in [1.807, 2.05) is 19.1 Å². The lowest BCUT2D eigenvalue weighted by Crippen LogP contribution is -2.25. The molecule has 11 rings (SSSR count). The second-order valence-electron chi connectivity index (χ2n) is 18.1. The Morgan fingerprint density at radius 3 is 1.67 bits per heavy atom. The number of fused-ring (bicyclic) bond motifs is 4. The van der Waals surface area contributed by atoms with Crippen LogP contribution in [0.5, 0.6) is 0 Å². The number of aromatic nitrogens is 1. The zero-order valence-corrected chi connectivity index (χ0v) is 39.2. The van der Waals surface area contributed by atoms with Crippen molar-refractivity contribution in [1.29, 1.82) is 0 Å². The summed E-state index contributed by atoms with van der Waals surface area (Å²) in [5, 5.41) is 2.68. The number of nitrogens with zero attached hydrogens (tertiary/aromatic N) is 3. The molecule has 1 aromatic heterocycles. The fourth-order valence-corrected chi connectivity index (χ4v) is 9.30. The molecular weight excluding hydrogens is 825 g/mol. The highest BCUT2D eigenvalue weighted by Crippen LogP contribution is 2.48. The average Bonchev–Trinajstić information content (AvgIpc) is 3.81. The smallest absolute Gasteiger partial charge is 0.123 e. The van der Waals surface area contributed by atoms with E-state index in [4.69, 9.17) is 0 Å². The molecule has 3 nitrogen and oxygen atoms in total. The second kappa shape index (κ2) is 19.5. The van der Waals surface area contributed by atoms with Gasteiger partial charge in [0, 0.05) is 56.9 Å². The topological polar surface area (TPSA) is 11.4 Å². The number of allylic oxidation sites excluding steroid dienone is 4. The van der Waals surface area contributed by atoms with Gasteiger partial charge in [-0.1, -0.05) is 134 Å². The molecular formula is C62H57F2N3. The molecule has 0 fully saturated rings. The van der Waals surface area contributed by atoms with Gasteiger partial charge in [-0.15, -0.1) is 0 Å². The Morgan fingerprint density at radius 2 is 1.04 bits per heavy atom. The number of hydrogen-bond acceptors (Lipinski definition) is 2. The Bertz CT molecular complexity index is 3160. The van der Waals surface area contributed by atoms with E-state index in [9.17, 15) is 8.78 Å². The van der Waals surface area contributed by atoms with Crippen molar-refractivity contribution in [1.82, 2.24) is 4.57 Å². The molecule has 3 atom stereocenters. The van der Waals surface area contributed by atoms with Crippen LogP contribution in [0.1, 0.15) is 55.4 Å². The molecule has 1 aliphatic carbocycles. The summed E-state index contributed by atoms with van der Waals surface area (Å²) in [6.07, 6.45) is 8.05. The van der Waals surface area contributed by atoms with Crippen molar-refractivity contribution in [2.45, 2.75) is 59.9 Å². The molecule has 0 saturated carbocycles. The van der Waals surface area contributed by atoms with Gasteiger partial charge in [0.2, 0.25) is 0 Å². The summed E-state index contributed by atoms with van der Waals surface area (Å²) in [7, 11) is 0. The zero-order valence-electron chi connectivity index (χ0n) is 39.2. The molecule has 334 valence electrons. The van der Waals surface area contributed by atoms with Gasteiger partial charge >= 0.3 is 0 Å². The van der Waals surface area contributed by atoms with Gasteiger partial charge in [0.05, 0.1) is 11.0 Å². The molecule has 2 aliphatic rings. The van der Waals surface area contributed by atoms with Gasteiger partial charge < -0.3 is 14.4 Å². The third-order valence-electron chi connectivity index (χ3n) is 13.2. The van der Waals surface area contributed by atoms with E-state index in [-0.39, 0.29) is 11.6 Å². The number of para-hydroxylation sites is 2. The number of aryl methyl sites for hydroxylation is 3. The van der Waals surface area contributed by atoms with E-state index in [2.05, 4.69) is 207 Å². The summed E-state index contributed by atoms with van der Waals surface area (Å²) < 4.78 is 28.4. The summed E-state index contributed by atoms with van der Waals surface area (Å²) in [4.78, 5) is 4.64. The van der Waals surface area contributed by atoms with Crippen LogP contribution >= 0.6 is 0 Å². The fourth-order valence-electron chi connectivity index (χ4n) is 9.30. The van der Waals surface area contributed by atoms with Gasteiger partial charge in [0.25, 0.3) is 0 Å². The Kier molecular flexibility index (Phi) is 13.0. The van der Waals surface area contributed by atoms with Crippen molar-refractivity contribution in [2.24, 2.45) is 5.92 Å². The minimum absolute atomic E-state index is 0.171. The Hall–Kier alpha value is -7.50. The van der Waals surface area contributed by atoms with Crippen LogP contribution in [0.2, 0.25) is 0 Å². The van der Waals surface area contributed by atoms with Gasteiger partial charge in [-0.2, -0.15) is 0 Å². The standard InChI is InChI=1S/C35H31FN2.C20H19N.C7H7F/c1-24-9-11-27(12-10-24)28-13-17-31(18-14-28)38(32-19-15-29(36)16-20-32)33-21-22-35-34(23-33)25(2)26(3)37(35)30-7-5-4-6-8-30;1-14-7-10-16(11-8-14)21-19-6-4-3-5-17(19)18-13-15(2)9-12-20(18)21;1-6-2-4-7(8)5-3-6/h4-23,25-26H,1-3H3;3-7,9-14H,8H2,1-2H3;2-5H,1H3. The van der Waals surface area contributed by atoms with E-state index in [1.165, 1.54) is 91.0 Å². The summed E-state index contributed by atoms with van der Waals surface area (Å²) in [6.45, 7) is 13.0.